The number of rotatable bonds is 5. The SMILES string of the molecule is CC[C@@H](NC(=O)c1cc(C(=O)N2CCCC2C)n2c1COCC2)c1ccc(F)c(C(F)(F)F)c1. The van der Waals surface area contributed by atoms with E-state index in [-0.39, 0.29) is 36.1 Å². The number of ether oxygens (including phenoxy) is 1. The Hall–Kier alpha value is -2.88. The predicted molar refractivity (Wildman–Crippen MR) is 116 cm³/mol. The van der Waals surface area contributed by atoms with E-state index >= 15 is 0 Å². The van der Waals surface area contributed by atoms with Crippen LogP contribution in [0.1, 0.15) is 76.8 Å². The summed E-state index contributed by atoms with van der Waals surface area (Å²) in [7, 11) is 0. The summed E-state index contributed by atoms with van der Waals surface area (Å²) in [6, 6.07) is 3.61. The summed E-state index contributed by atoms with van der Waals surface area (Å²) in [5.41, 5.74) is -0.00200. The number of benzene rings is 1. The number of carbonyl (C=O) groups is 2. The molecule has 34 heavy (non-hydrogen) atoms. The van der Waals surface area contributed by atoms with Gasteiger partial charge in [0.15, 0.2) is 0 Å². The molecular formula is C24H27F4N3O3. The van der Waals surface area contributed by atoms with E-state index < -0.39 is 29.5 Å². The maximum atomic E-state index is 13.7. The summed E-state index contributed by atoms with van der Waals surface area (Å²) >= 11 is 0. The third kappa shape index (κ3) is 4.55. The van der Waals surface area contributed by atoms with Gasteiger partial charge in [0, 0.05) is 19.1 Å². The summed E-state index contributed by atoms with van der Waals surface area (Å²) in [6.45, 7) is 5.34. The number of hydrogen-bond acceptors (Lipinski definition) is 3. The van der Waals surface area contributed by atoms with Crippen molar-refractivity contribution in [2.24, 2.45) is 0 Å². The maximum Gasteiger partial charge on any atom is 0.419 e. The molecule has 4 rings (SSSR count). The number of alkyl halides is 3. The smallest absolute Gasteiger partial charge is 0.373 e. The van der Waals surface area contributed by atoms with Gasteiger partial charge in [0.05, 0.1) is 36.1 Å². The molecule has 10 heteroatoms. The second kappa shape index (κ2) is 9.40. The van der Waals surface area contributed by atoms with E-state index in [0.29, 0.717) is 31.1 Å². The lowest BCUT2D eigenvalue weighted by atomic mass is 10.0. The van der Waals surface area contributed by atoms with Crippen LogP contribution in [-0.2, 0) is 24.1 Å². The quantitative estimate of drug-likeness (QED) is 0.631. The van der Waals surface area contributed by atoms with Crippen LogP contribution < -0.4 is 5.32 Å². The lowest BCUT2D eigenvalue weighted by molar-refractivity contribution is -0.140. The first-order chi connectivity index (χ1) is 16.1. The second-order valence-electron chi connectivity index (χ2n) is 8.76. The minimum Gasteiger partial charge on any atom is -0.373 e. The number of nitrogens with one attached hydrogen (secondary N) is 1. The van der Waals surface area contributed by atoms with Gasteiger partial charge in [-0.25, -0.2) is 4.39 Å². The maximum absolute atomic E-state index is 13.7. The lowest BCUT2D eigenvalue weighted by Gasteiger charge is -2.24. The standard InChI is InChI=1S/C24H27F4N3O3/c1-3-19(15-6-7-18(25)17(11-15)24(26,27)28)29-22(32)16-12-20(31-9-10-34-13-21(16)31)23(33)30-8-4-5-14(30)2/h6-7,11-12,14,19H,3-5,8-10,13H2,1-2H3,(H,29,32)/t14?,19-/m1/s1. The van der Waals surface area contributed by atoms with Crippen LogP contribution in [0.25, 0.3) is 0 Å². The molecule has 3 heterocycles. The Balaban J connectivity index is 1.63. The van der Waals surface area contributed by atoms with Crippen LogP contribution in [0.4, 0.5) is 17.6 Å². The molecule has 0 aliphatic carbocycles. The molecule has 1 aromatic carbocycles. The van der Waals surface area contributed by atoms with Crippen molar-refractivity contribution < 1.29 is 31.9 Å². The molecule has 0 bridgehead atoms. The first kappa shape index (κ1) is 24.3. The molecule has 2 aromatic rings. The average Bonchev–Trinajstić information content (AvgIpc) is 3.40. The van der Waals surface area contributed by atoms with E-state index in [9.17, 15) is 27.2 Å². The summed E-state index contributed by atoms with van der Waals surface area (Å²) in [5.74, 6) is -2.03. The van der Waals surface area contributed by atoms with Crippen LogP contribution in [0.5, 0.6) is 0 Å². The Bertz CT molecular complexity index is 1100. The van der Waals surface area contributed by atoms with Crippen molar-refractivity contribution in [3.63, 3.8) is 0 Å². The fourth-order valence-corrected chi connectivity index (χ4v) is 4.71. The molecule has 0 saturated carbocycles. The third-order valence-electron chi connectivity index (χ3n) is 6.60. The molecule has 2 aliphatic heterocycles. The van der Waals surface area contributed by atoms with Crippen molar-refractivity contribution in [3.8, 4) is 0 Å². The number of hydrogen-bond donors (Lipinski definition) is 1. The Kier molecular flexibility index (Phi) is 6.71. The van der Waals surface area contributed by atoms with Gasteiger partial charge in [-0.3, -0.25) is 9.59 Å². The van der Waals surface area contributed by atoms with Gasteiger partial charge in [-0.2, -0.15) is 13.2 Å². The molecule has 0 spiro atoms. The third-order valence-corrected chi connectivity index (χ3v) is 6.60. The van der Waals surface area contributed by atoms with Gasteiger partial charge in [-0.1, -0.05) is 13.0 Å². The zero-order valence-corrected chi connectivity index (χ0v) is 19.0. The highest BCUT2D eigenvalue weighted by atomic mass is 19.4. The van der Waals surface area contributed by atoms with E-state index in [4.69, 9.17) is 4.74 Å². The van der Waals surface area contributed by atoms with Crippen LogP contribution in [-0.4, -0.2) is 40.5 Å². The van der Waals surface area contributed by atoms with Crippen molar-refractivity contribution in [1.29, 1.82) is 0 Å². The molecule has 1 unspecified atom stereocenters. The van der Waals surface area contributed by atoms with Crippen LogP contribution >= 0.6 is 0 Å². The van der Waals surface area contributed by atoms with Crippen LogP contribution in [0.15, 0.2) is 24.3 Å². The highest BCUT2D eigenvalue weighted by molar-refractivity contribution is 6.01. The normalized spacial score (nSPS) is 19.1. The average molecular weight is 481 g/mol. The minimum absolute atomic E-state index is 0.113. The molecule has 1 fully saturated rings. The molecule has 2 amide bonds. The number of nitrogens with zero attached hydrogens (tertiary/aromatic N) is 2. The van der Waals surface area contributed by atoms with E-state index in [1.54, 1.807) is 22.5 Å². The molecule has 1 aromatic heterocycles. The van der Waals surface area contributed by atoms with E-state index in [0.717, 1.165) is 25.0 Å². The summed E-state index contributed by atoms with van der Waals surface area (Å²) < 4.78 is 60.5. The Morgan fingerprint density at radius 3 is 2.65 bits per heavy atom. The first-order valence-electron chi connectivity index (χ1n) is 11.4. The van der Waals surface area contributed by atoms with Gasteiger partial charge >= 0.3 is 6.18 Å². The van der Waals surface area contributed by atoms with Gasteiger partial charge in [-0.15, -0.1) is 0 Å². The van der Waals surface area contributed by atoms with Crippen molar-refractivity contribution in [2.45, 2.75) is 64.5 Å². The molecule has 2 atom stereocenters. The van der Waals surface area contributed by atoms with Gasteiger partial charge < -0.3 is 19.5 Å². The van der Waals surface area contributed by atoms with Crippen LogP contribution in [0.3, 0.4) is 0 Å². The predicted octanol–water partition coefficient (Wildman–Crippen LogP) is 4.68. The Morgan fingerprint density at radius 1 is 1.24 bits per heavy atom. The fourth-order valence-electron chi connectivity index (χ4n) is 4.71. The Morgan fingerprint density at radius 2 is 2.00 bits per heavy atom. The molecule has 0 radical (unpaired) electrons. The van der Waals surface area contributed by atoms with Crippen LogP contribution in [0.2, 0.25) is 0 Å². The van der Waals surface area contributed by atoms with Gasteiger partial charge in [0.1, 0.15) is 11.5 Å². The number of halogens is 4. The highest BCUT2D eigenvalue weighted by Crippen LogP contribution is 2.34. The number of fused-ring (bicyclic) bond motifs is 1. The first-order valence-corrected chi connectivity index (χ1v) is 11.4. The largest absolute Gasteiger partial charge is 0.419 e. The summed E-state index contributed by atoms with van der Waals surface area (Å²) in [6.07, 6.45) is -2.71. The van der Waals surface area contributed by atoms with E-state index in [1.165, 1.54) is 6.07 Å². The molecule has 6 nitrogen and oxygen atoms in total. The monoisotopic (exact) mass is 481 g/mol. The fraction of sp³-hybridized carbons (Fsp3) is 0.500. The molecule has 1 saturated heterocycles. The van der Waals surface area contributed by atoms with E-state index in [1.807, 2.05) is 6.92 Å². The summed E-state index contributed by atoms with van der Waals surface area (Å²) in [5, 5.41) is 2.76. The van der Waals surface area contributed by atoms with Gasteiger partial charge in [0.2, 0.25) is 0 Å². The number of amides is 2. The van der Waals surface area contributed by atoms with Crippen molar-refractivity contribution in [3.05, 3.63) is 58.2 Å². The van der Waals surface area contributed by atoms with E-state index in [2.05, 4.69) is 5.32 Å². The minimum atomic E-state index is -4.84. The van der Waals surface area contributed by atoms with Gasteiger partial charge in [0.25, 0.3) is 11.8 Å². The highest BCUT2D eigenvalue weighted by Gasteiger charge is 2.35. The number of likely N-dealkylation sites (tertiary alicyclic amines) is 1. The number of carbonyl (C=O) groups excluding carboxylic acids is 2. The topological polar surface area (TPSA) is 63.6 Å². The Labute approximate surface area is 194 Å². The van der Waals surface area contributed by atoms with Crippen molar-refractivity contribution in [2.75, 3.05) is 13.2 Å². The zero-order valence-electron chi connectivity index (χ0n) is 19.0. The second-order valence-corrected chi connectivity index (χ2v) is 8.76. The lowest BCUT2D eigenvalue weighted by Crippen LogP contribution is -2.35. The summed E-state index contributed by atoms with van der Waals surface area (Å²) in [4.78, 5) is 28.2. The van der Waals surface area contributed by atoms with Crippen molar-refractivity contribution in [1.82, 2.24) is 14.8 Å². The number of aromatic nitrogens is 1. The van der Waals surface area contributed by atoms with Crippen LogP contribution in [0, 0.1) is 5.82 Å². The molecule has 184 valence electrons. The molecule has 2 aliphatic rings. The van der Waals surface area contributed by atoms with Gasteiger partial charge in [-0.05, 0) is 49.9 Å². The van der Waals surface area contributed by atoms with Crippen molar-refractivity contribution >= 4 is 11.8 Å². The zero-order chi connectivity index (χ0) is 24.6. The molecule has 1 N–H and O–H groups in total. The molecular weight excluding hydrogens is 454 g/mol.